The molecule has 1 aromatic carbocycles. The zero-order valence-electron chi connectivity index (χ0n) is 9.51. The van der Waals surface area contributed by atoms with Gasteiger partial charge in [-0.15, -0.1) is 0 Å². The highest BCUT2D eigenvalue weighted by Crippen LogP contribution is 2.17. The Balaban J connectivity index is 1.93. The Bertz CT molecular complexity index is 540. The van der Waals surface area contributed by atoms with Crippen molar-refractivity contribution >= 4 is 5.91 Å². The minimum absolute atomic E-state index is 0.0736. The number of halogens is 1. The normalized spacial score (nSPS) is 10.3. The predicted molar refractivity (Wildman–Crippen MR) is 62.6 cm³/mol. The van der Waals surface area contributed by atoms with Gasteiger partial charge in [0.05, 0.1) is 12.1 Å². The molecule has 5 nitrogen and oxygen atoms in total. The quantitative estimate of drug-likeness (QED) is 0.854. The Kier molecular flexibility index (Phi) is 3.57. The van der Waals surface area contributed by atoms with Crippen molar-refractivity contribution in [1.82, 2.24) is 15.1 Å². The van der Waals surface area contributed by atoms with Gasteiger partial charge < -0.3 is 10.4 Å². The fourth-order valence-corrected chi connectivity index (χ4v) is 1.50. The third kappa shape index (κ3) is 2.85. The first kappa shape index (κ1) is 12.1. The summed E-state index contributed by atoms with van der Waals surface area (Å²) in [6.07, 6.45) is 3.41. The molecule has 0 unspecified atom stereocenters. The number of hydrogen-bond acceptors (Lipinski definition) is 3. The average molecular weight is 249 g/mol. The summed E-state index contributed by atoms with van der Waals surface area (Å²) in [4.78, 5) is 11.7. The maximum absolute atomic E-state index is 12.9. The molecule has 94 valence electrons. The Hall–Kier alpha value is -2.37. The van der Waals surface area contributed by atoms with Crippen molar-refractivity contribution in [1.29, 1.82) is 0 Å². The van der Waals surface area contributed by atoms with Crippen molar-refractivity contribution in [2.45, 2.75) is 6.54 Å². The van der Waals surface area contributed by atoms with Crippen LogP contribution in [-0.2, 0) is 6.54 Å². The van der Waals surface area contributed by atoms with Crippen molar-refractivity contribution in [2.75, 3.05) is 6.54 Å². The van der Waals surface area contributed by atoms with Crippen LogP contribution in [0, 0.1) is 5.82 Å². The number of carbonyl (C=O) groups is 1. The highest BCUT2D eigenvalue weighted by atomic mass is 19.1. The molecule has 0 aliphatic heterocycles. The smallest absolute Gasteiger partial charge is 0.255 e. The number of phenolic OH excluding ortho intramolecular Hbond substituents is 1. The number of carbonyl (C=O) groups excluding carboxylic acids is 1. The minimum Gasteiger partial charge on any atom is -0.507 e. The van der Waals surface area contributed by atoms with Crippen LogP contribution in [0.15, 0.2) is 36.7 Å². The van der Waals surface area contributed by atoms with Crippen molar-refractivity contribution in [2.24, 2.45) is 0 Å². The highest BCUT2D eigenvalue weighted by molar-refractivity contribution is 5.96. The van der Waals surface area contributed by atoms with Gasteiger partial charge in [0.2, 0.25) is 0 Å². The number of aromatic hydroxyl groups is 1. The molecule has 0 atom stereocenters. The van der Waals surface area contributed by atoms with Crippen LogP contribution in [0.3, 0.4) is 0 Å². The van der Waals surface area contributed by atoms with Gasteiger partial charge in [0.15, 0.2) is 0 Å². The molecule has 18 heavy (non-hydrogen) atoms. The second-order valence-electron chi connectivity index (χ2n) is 3.69. The largest absolute Gasteiger partial charge is 0.507 e. The van der Waals surface area contributed by atoms with Gasteiger partial charge in [-0.25, -0.2) is 4.39 Å². The molecule has 0 aliphatic rings. The number of phenols is 1. The van der Waals surface area contributed by atoms with E-state index in [0.29, 0.717) is 13.1 Å². The van der Waals surface area contributed by atoms with E-state index in [0.717, 1.165) is 18.2 Å². The maximum Gasteiger partial charge on any atom is 0.255 e. The van der Waals surface area contributed by atoms with Gasteiger partial charge in [-0.3, -0.25) is 9.48 Å². The third-order valence-corrected chi connectivity index (χ3v) is 2.39. The fourth-order valence-electron chi connectivity index (χ4n) is 1.50. The van der Waals surface area contributed by atoms with Gasteiger partial charge in [-0.05, 0) is 24.3 Å². The molecule has 0 spiro atoms. The summed E-state index contributed by atoms with van der Waals surface area (Å²) < 4.78 is 14.6. The number of amides is 1. The Labute approximate surface area is 103 Å². The van der Waals surface area contributed by atoms with E-state index in [1.165, 1.54) is 0 Å². The molecular weight excluding hydrogens is 237 g/mol. The lowest BCUT2D eigenvalue weighted by atomic mass is 10.2. The molecule has 6 heteroatoms. The van der Waals surface area contributed by atoms with Crippen LogP contribution < -0.4 is 5.32 Å². The number of nitrogens with zero attached hydrogens (tertiary/aromatic N) is 2. The van der Waals surface area contributed by atoms with Crippen LogP contribution in [0.25, 0.3) is 0 Å². The fraction of sp³-hybridized carbons (Fsp3) is 0.167. The standard InChI is InChI=1S/C12H12FN3O2/c13-9-2-3-11(17)10(8-9)12(18)14-5-7-16-6-1-4-15-16/h1-4,6,8,17H,5,7H2,(H,14,18). The van der Waals surface area contributed by atoms with E-state index in [4.69, 9.17) is 0 Å². The Morgan fingerprint density at radius 2 is 2.33 bits per heavy atom. The third-order valence-electron chi connectivity index (χ3n) is 2.39. The number of aromatic nitrogens is 2. The molecule has 0 saturated heterocycles. The van der Waals surface area contributed by atoms with Crippen LogP contribution >= 0.6 is 0 Å². The van der Waals surface area contributed by atoms with Gasteiger partial charge in [-0.1, -0.05) is 0 Å². The lowest BCUT2D eigenvalue weighted by Crippen LogP contribution is -2.27. The number of nitrogens with one attached hydrogen (secondary N) is 1. The maximum atomic E-state index is 12.9. The van der Waals surface area contributed by atoms with Crippen LogP contribution in [0.1, 0.15) is 10.4 Å². The lowest BCUT2D eigenvalue weighted by Gasteiger charge is -2.07. The molecule has 1 amide bonds. The number of hydrogen-bond donors (Lipinski definition) is 2. The summed E-state index contributed by atoms with van der Waals surface area (Å²) in [5, 5.41) is 16.0. The molecule has 0 fully saturated rings. The Morgan fingerprint density at radius 1 is 1.50 bits per heavy atom. The molecule has 0 aliphatic carbocycles. The molecular formula is C12H12FN3O2. The highest BCUT2D eigenvalue weighted by Gasteiger charge is 2.11. The lowest BCUT2D eigenvalue weighted by molar-refractivity contribution is 0.0949. The SMILES string of the molecule is O=C(NCCn1cccn1)c1cc(F)ccc1O. The molecule has 0 bridgehead atoms. The van der Waals surface area contributed by atoms with Gasteiger partial charge in [-0.2, -0.15) is 5.10 Å². The molecule has 2 rings (SSSR count). The van der Waals surface area contributed by atoms with E-state index in [9.17, 15) is 14.3 Å². The summed E-state index contributed by atoms with van der Waals surface area (Å²) in [6, 6.07) is 5.02. The van der Waals surface area contributed by atoms with Crippen LogP contribution in [0.5, 0.6) is 5.75 Å². The zero-order chi connectivity index (χ0) is 13.0. The first-order valence-electron chi connectivity index (χ1n) is 5.41. The first-order valence-corrected chi connectivity index (χ1v) is 5.41. The predicted octanol–water partition coefficient (Wildman–Crippen LogP) is 1.16. The van der Waals surface area contributed by atoms with Gasteiger partial charge in [0.25, 0.3) is 5.91 Å². The topological polar surface area (TPSA) is 67.2 Å². The number of rotatable bonds is 4. The summed E-state index contributed by atoms with van der Waals surface area (Å²) in [5.74, 6) is -1.32. The zero-order valence-corrected chi connectivity index (χ0v) is 9.51. The monoisotopic (exact) mass is 249 g/mol. The van der Waals surface area contributed by atoms with Gasteiger partial charge >= 0.3 is 0 Å². The van der Waals surface area contributed by atoms with Crippen molar-refractivity contribution in [3.05, 3.63) is 48.0 Å². The first-order chi connectivity index (χ1) is 8.66. The Morgan fingerprint density at radius 3 is 3.06 bits per heavy atom. The van der Waals surface area contributed by atoms with Gasteiger partial charge in [0.1, 0.15) is 11.6 Å². The summed E-state index contributed by atoms with van der Waals surface area (Å²) >= 11 is 0. The molecule has 1 heterocycles. The number of benzene rings is 1. The van der Waals surface area contributed by atoms with E-state index in [2.05, 4.69) is 10.4 Å². The summed E-state index contributed by atoms with van der Waals surface area (Å²) in [5.41, 5.74) is -0.0736. The van der Waals surface area contributed by atoms with Crippen LogP contribution in [-0.4, -0.2) is 27.3 Å². The van der Waals surface area contributed by atoms with Crippen LogP contribution in [0.4, 0.5) is 4.39 Å². The molecule has 2 N–H and O–H groups in total. The van der Waals surface area contributed by atoms with Crippen molar-refractivity contribution in [3.63, 3.8) is 0 Å². The van der Waals surface area contributed by atoms with Crippen LogP contribution in [0.2, 0.25) is 0 Å². The van der Waals surface area contributed by atoms with E-state index in [1.807, 2.05) is 0 Å². The molecule has 2 aromatic rings. The van der Waals surface area contributed by atoms with E-state index < -0.39 is 11.7 Å². The second-order valence-corrected chi connectivity index (χ2v) is 3.69. The van der Waals surface area contributed by atoms with E-state index in [1.54, 1.807) is 23.1 Å². The van der Waals surface area contributed by atoms with Crippen molar-refractivity contribution < 1.29 is 14.3 Å². The molecule has 1 aromatic heterocycles. The average Bonchev–Trinajstić information content (AvgIpc) is 2.85. The van der Waals surface area contributed by atoms with E-state index in [-0.39, 0.29) is 11.3 Å². The summed E-state index contributed by atoms with van der Waals surface area (Å²) in [7, 11) is 0. The van der Waals surface area contributed by atoms with Crippen molar-refractivity contribution in [3.8, 4) is 5.75 Å². The molecule has 0 radical (unpaired) electrons. The van der Waals surface area contributed by atoms with Gasteiger partial charge in [0, 0.05) is 18.9 Å². The molecule has 0 saturated carbocycles. The van der Waals surface area contributed by atoms with E-state index >= 15 is 0 Å². The minimum atomic E-state index is -0.565. The second kappa shape index (κ2) is 5.31. The summed E-state index contributed by atoms with van der Waals surface area (Å²) in [6.45, 7) is 0.852.